The Morgan fingerprint density at radius 1 is 1.30 bits per heavy atom. The fraction of sp³-hybridized carbons (Fsp3) is 0.647. The molecule has 3 nitrogen and oxygen atoms in total. The Kier molecular flexibility index (Phi) is 3.99. The van der Waals surface area contributed by atoms with E-state index < -0.39 is 0 Å². The molecule has 1 aromatic carbocycles. The van der Waals surface area contributed by atoms with E-state index in [-0.39, 0.29) is 5.60 Å². The molecule has 3 rings (SSSR count). The Balaban J connectivity index is 1.48. The smallest absolute Gasteiger partial charge is 0.122 e. The average molecular weight is 275 g/mol. The van der Waals surface area contributed by atoms with Crippen molar-refractivity contribution in [2.45, 2.75) is 51.2 Å². The summed E-state index contributed by atoms with van der Waals surface area (Å²) in [5, 5.41) is 3.68. The standard InChI is InChI=1S/C17H25NO2/c1-17(2)12-15(7-10-20-17)18-8-5-13-3-4-16-14(11-13)6-9-19-16/h3-4,11,15,18H,5-10,12H2,1-2H3. The van der Waals surface area contributed by atoms with Gasteiger partial charge in [-0.2, -0.15) is 0 Å². The number of ether oxygens (including phenoxy) is 2. The highest BCUT2D eigenvalue weighted by Gasteiger charge is 2.28. The van der Waals surface area contributed by atoms with Gasteiger partial charge < -0.3 is 14.8 Å². The van der Waals surface area contributed by atoms with Crippen molar-refractivity contribution in [2.75, 3.05) is 19.8 Å². The molecule has 2 aliphatic heterocycles. The molecule has 0 radical (unpaired) electrons. The number of benzene rings is 1. The predicted molar refractivity (Wildman–Crippen MR) is 80.4 cm³/mol. The van der Waals surface area contributed by atoms with Crippen molar-refractivity contribution >= 4 is 0 Å². The molecule has 0 aliphatic carbocycles. The van der Waals surface area contributed by atoms with Crippen molar-refractivity contribution in [3.63, 3.8) is 0 Å². The highest BCUT2D eigenvalue weighted by molar-refractivity contribution is 5.39. The summed E-state index contributed by atoms with van der Waals surface area (Å²) in [5.41, 5.74) is 2.81. The molecule has 0 amide bonds. The van der Waals surface area contributed by atoms with Crippen LogP contribution in [0.5, 0.6) is 5.75 Å². The first-order valence-corrected chi connectivity index (χ1v) is 7.74. The number of nitrogens with one attached hydrogen (secondary N) is 1. The first kappa shape index (κ1) is 13.9. The van der Waals surface area contributed by atoms with Crippen LogP contribution in [-0.4, -0.2) is 31.4 Å². The summed E-state index contributed by atoms with van der Waals surface area (Å²) < 4.78 is 11.3. The Labute approximate surface area is 121 Å². The molecule has 1 unspecified atom stereocenters. The van der Waals surface area contributed by atoms with E-state index in [2.05, 4.69) is 37.4 Å². The maximum atomic E-state index is 5.76. The number of hydrogen-bond acceptors (Lipinski definition) is 3. The molecule has 0 aromatic heterocycles. The Morgan fingerprint density at radius 2 is 2.20 bits per heavy atom. The third kappa shape index (κ3) is 3.33. The second kappa shape index (κ2) is 5.74. The summed E-state index contributed by atoms with van der Waals surface area (Å²) >= 11 is 0. The van der Waals surface area contributed by atoms with E-state index in [9.17, 15) is 0 Å². The molecular formula is C17H25NO2. The van der Waals surface area contributed by atoms with Gasteiger partial charge in [0.15, 0.2) is 0 Å². The molecule has 1 N–H and O–H groups in total. The Morgan fingerprint density at radius 3 is 3.05 bits per heavy atom. The van der Waals surface area contributed by atoms with E-state index in [1.165, 1.54) is 11.1 Å². The van der Waals surface area contributed by atoms with Crippen molar-refractivity contribution in [2.24, 2.45) is 0 Å². The van der Waals surface area contributed by atoms with Crippen molar-refractivity contribution in [1.29, 1.82) is 0 Å². The summed E-state index contributed by atoms with van der Waals surface area (Å²) in [6.07, 6.45) is 4.38. The van der Waals surface area contributed by atoms with Crippen LogP contribution in [0.25, 0.3) is 0 Å². The van der Waals surface area contributed by atoms with Gasteiger partial charge in [0.25, 0.3) is 0 Å². The summed E-state index contributed by atoms with van der Waals surface area (Å²) in [6.45, 7) is 7.12. The number of hydrogen-bond donors (Lipinski definition) is 1. The fourth-order valence-electron chi connectivity index (χ4n) is 3.22. The minimum absolute atomic E-state index is 0.0286. The second-order valence-electron chi connectivity index (χ2n) is 6.54. The molecule has 1 fully saturated rings. The first-order valence-electron chi connectivity index (χ1n) is 7.74. The van der Waals surface area contributed by atoms with Crippen molar-refractivity contribution in [1.82, 2.24) is 5.32 Å². The Bertz CT molecular complexity index is 470. The lowest BCUT2D eigenvalue weighted by molar-refractivity contribution is -0.0627. The lowest BCUT2D eigenvalue weighted by atomic mass is 9.94. The molecule has 20 heavy (non-hydrogen) atoms. The summed E-state index contributed by atoms with van der Waals surface area (Å²) in [5.74, 6) is 1.08. The van der Waals surface area contributed by atoms with Gasteiger partial charge in [-0.25, -0.2) is 0 Å². The van der Waals surface area contributed by atoms with E-state index in [1.54, 1.807) is 0 Å². The van der Waals surface area contributed by atoms with Crippen molar-refractivity contribution in [3.8, 4) is 5.75 Å². The molecule has 110 valence electrons. The van der Waals surface area contributed by atoms with Crippen LogP contribution >= 0.6 is 0 Å². The van der Waals surface area contributed by atoms with Gasteiger partial charge >= 0.3 is 0 Å². The van der Waals surface area contributed by atoms with E-state index in [0.29, 0.717) is 6.04 Å². The molecule has 2 heterocycles. The van der Waals surface area contributed by atoms with Crippen molar-refractivity contribution < 1.29 is 9.47 Å². The summed E-state index contributed by atoms with van der Waals surface area (Å²) in [4.78, 5) is 0. The third-order valence-electron chi connectivity index (χ3n) is 4.30. The van der Waals surface area contributed by atoms with Crippen LogP contribution < -0.4 is 10.1 Å². The van der Waals surface area contributed by atoms with Crippen LogP contribution in [0.2, 0.25) is 0 Å². The van der Waals surface area contributed by atoms with E-state index in [4.69, 9.17) is 9.47 Å². The zero-order chi connectivity index (χ0) is 14.0. The largest absolute Gasteiger partial charge is 0.493 e. The minimum Gasteiger partial charge on any atom is -0.493 e. The molecule has 3 heteroatoms. The van der Waals surface area contributed by atoms with E-state index in [1.807, 2.05) is 0 Å². The van der Waals surface area contributed by atoms with E-state index in [0.717, 1.165) is 51.2 Å². The molecule has 1 atom stereocenters. The SMILES string of the molecule is CC1(C)CC(NCCc2ccc3c(c2)CCO3)CCO1. The van der Waals surface area contributed by atoms with Gasteiger partial charge in [-0.15, -0.1) is 0 Å². The first-order chi connectivity index (χ1) is 9.62. The van der Waals surface area contributed by atoms with Crippen LogP contribution in [0.3, 0.4) is 0 Å². The third-order valence-corrected chi connectivity index (χ3v) is 4.30. The molecule has 2 aliphatic rings. The zero-order valence-electron chi connectivity index (χ0n) is 12.6. The van der Waals surface area contributed by atoms with Crippen LogP contribution in [0, 0.1) is 0 Å². The van der Waals surface area contributed by atoms with Gasteiger partial charge in [-0.1, -0.05) is 12.1 Å². The highest BCUT2D eigenvalue weighted by Crippen LogP contribution is 2.26. The van der Waals surface area contributed by atoms with Gasteiger partial charge in [0.1, 0.15) is 5.75 Å². The van der Waals surface area contributed by atoms with Gasteiger partial charge in [0.2, 0.25) is 0 Å². The monoisotopic (exact) mass is 275 g/mol. The quantitative estimate of drug-likeness (QED) is 0.916. The van der Waals surface area contributed by atoms with Gasteiger partial charge in [0.05, 0.1) is 12.2 Å². The second-order valence-corrected chi connectivity index (χ2v) is 6.54. The molecule has 0 bridgehead atoms. The average Bonchev–Trinajstić information content (AvgIpc) is 2.85. The zero-order valence-corrected chi connectivity index (χ0v) is 12.6. The fourth-order valence-corrected chi connectivity index (χ4v) is 3.22. The summed E-state index contributed by atoms with van der Waals surface area (Å²) in [6, 6.07) is 7.21. The van der Waals surface area contributed by atoms with E-state index >= 15 is 0 Å². The van der Waals surface area contributed by atoms with Crippen LogP contribution in [0.1, 0.15) is 37.8 Å². The molecule has 0 saturated carbocycles. The molecule has 1 aromatic rings. The molecule has 1 saturated heterocycles. The highest BCUT2D eigenvalue weighted by atomic mass is 16.5. The maximum absolute atomic E-state index is 5.76. The predicted octanol–water partition coefficient (Wildman–Crippen LogP) is 2.71. The topological polar surface area (TPSA) is 30.5 Å². The lowest BCUT2D eigenvalue weighted by Crippen LogP contribution is -2.44. The van der Waals surface area contributed by atoms with Gasteiger partial charge in [-0.05, 0) is 56.8 Å². The molecular weight excluding hydrogens is 250 g/mol. The minimum atomic E-state index is 0.0286. The normalized spacial score (nSPS) is 24.2. The maximum Gasteiger partial charge on any atom is 0.122 e. The summed E-state index contributed by atoms with van der Waals surface area (Å²) in [7, 11) is 0. The van der Waals surface area contributed by atoms with Gasteiger partial charge in [-0.3, -0.25) is 0 Å². The van der Waals surface area contributed by atoms with Crippen LogP contribution in [0.4, 0.5) is 0 Å². The van der Waals surface area contributed by atoms with Crippen molar-refractivity contribution in [3.05, 3.63) is 29.3 Å². The lowest BCUT2D eigenvalue weighted by Gasteiger charge is -2.36. The Hall–Kier alpha value is -1.06. The van der Waals surface area contributed by atoms with Crippen LogP contribution in [0.15, 0.2) is 18.2 Å². The van der Waals surface area contributed by atoms with Crippen LogP contribution in [-0.2, 0) is 17.6 Å². The number of fused-ring (bicyclic) bond motifs is 1. The van der Waals surface area contributed by atoms with Gasteiger partial charge in [0, 0.05) is 19.1 Å². The number of rotatable bonds is 4. The molecule has 0 spiro atoms.